The summed E-state index contributed by atoms with van der Waals surface area (Å²) in [5.41, 5.74) is 0.691. The number of allylic oxidation sites excluding steroid dienone is 6. The van der Waals surface area contributed by atoms with Crippen molar-refractivity contribution in [3.63, 3.8) is 0 Å². The van der Waals surface area contributed by atoms with E-state index in [-0.39, 0.29) is 42.4 Å². The Kier molecular flexibility index (Phi) is 18.5. The van der Waals surface area contributed by atoms with Crippen LogP contribution in [0.2, 0.25) is 0 Å². The van der Waals surface area contributed by atoms with Crippen LogP contribution in [-0.2, 0) is 57.0 Å². The van der Waals surface area contributed by atoms with Gasteiger partial charge in [0, 0.05) is 73.3 Å². The highest BCUT2D eigenvalue weighted by Gasteiger charge is 2.73. The van der Waals surface area contributed by atoms with E-state index in [0.717, 1.165) is 24.3 Å². The molecule has 10 N–H and O–H groups in total. The number of aromatic hydroxyl groups is 4. The Labute approximate surface area is 552 Å². The number of rotatable bonds is 16. The minimum absolute atomic E-state index is 0.169. The highest BCUT2D eigenvalue weighted by molar-refractivity contribution is 6.32. The third-order valence-corrected chi connectivity index (χ3v) is 21.6. The first-order valence-corrected chi connectivity index (χ1v) is 32.5. The van der Waals surface area contributed by atoms with Crippen LogP contribution in [0, 0.1) is 11.8 Å². The molecule has 12 rings (SSSR count). The van der Waals surface area contributed by atoms with E-state index >= 15 is 14.4 Å². The van der Waals surface area contributed by atoms with Gasteiger partial charge in [-0.1, -0.05) is 13.8 Å². The number of ether oxygens (including phenoxy) is 10. The van der Waals surface area contributed by atoms with E-state index < -0.39 is 260 Å². The normalized spacial score (nSPS) is 39.0. The molecule has 4 saturated heterocycles. The largest absolute Gasteiger partial charge is 0.508 e. The second kappa shape index (κ2) is 25.6. The van der Waals surface area contributed by atoms with Crippen molar-refractivity contribution < 1.29 is 122 Å². The number of Topliss-reactive ketones (excluding diaryl/α,β-unsaturated/α-hetero) is 3. The highest BCUT2D eigenvalue weighted by Crippen LogP contribution is 2.64. The Bertz CT molecular complexity index is 3720. The minimum atomic E-state index is -2.54. The summed E-state index contributed by atoms with van der Waals surface area (Å²) in [5.74, 6) is -13.8. The van der Waals surface area contributed by atoms with Crippen LogP contribution in [0.25, 0.3) is 16.9 Å². The topological polar surface area (TPSA) is 402 Å². The number of aliphatic hydroxyl groups is 5. The first-order chi connectivity index (χ1) is 45.5. The number of nitrogens with one attached hydrogen (secondary N) is 1. The van der Waals surface area contributed by atoms with Crippen LogP contribution < -0.4 is 5.11 Å². The fraction of sp³-hybridized carbons (Fsp3) is 0.603. The van der Waals surface area contributed by atoms with Crippen LogP contribution in [0.4, 0.5) is 0 Å². The Balaban J connectivity index is 1.20. The molecule has 0 spiro atoms. The molecule has 4 heterocycles. The Morgan fingerprint density at radius 3 is 1.48 bits per heavy atom. The Hall–Kier alpha value is -6.55. The zero-order chi connectivity index (χ0) is 69.5. The molecule has 2 aromatic rings. The van der Waals surface area contributed by atoms with Crippen molar-refractivity contribution in [2.75, 3.05) is 42.4 Å². The quantitative estimate of drug-likeness (QED) is 0.0850. The molecule has 0 aromatic heterocycles. The van der Waals surface area contributed by atoms with Gasteiger partial charge in [-0.25, -0.2) is 0 Å². The number of phenolic OH excluding ortho intramolecular Hbond substituents is 4. The predicted molar refractivity (Wildman–Crippen MR) is 332 cm³/mol. The van der Waals surface area contributed by atoms with Crippen LogP contribution in [-0.4, -0.2) is 249 Å². The van der Waals surface area contributed by atoms with E-state index in [0.29, 0.717) is 0 Å². The van der Waals surface area contributed by atoms with Gasteiger partial charge in [-0.15, -0.1) is 0 Å². The summed E-state index contributed by atoms with van der Waals surface area (Å²) in [6, 6.07) is -1.05. The van der Waals surface area contributed by atoms with Crippen molar-refractivity contribution in [1.29, 1.82) is 0 Å². The number of likely N-dealkylation sites (N-methyl/N-ethyl adjacent to an activating group) is 2. The molecule has 520 valence electrons. The van der Waals surface area contributed by atoms with E-state index in [1.807, 2.05) is 0 Å². The molecule has 1 unspecified atom stereocenters. The van der Waals surface area contributed by atoms with E-state index in [1.54, 1.807) is 72.6 Å². The maximum atomic E-state index is 17.8. The van der Waals surface area contributed by atoms with E-state index in [2.05, 4.69) is 5.11 Å². The molecule has 2 aromatic carbocycles. The zero-order valence-corrected chi connectivity index (χ0v) is 55.2. The maximum absolute atomic E-state index is 17.8. The second-order valence-electron chi connectivity index (χ2n) is 27.2. The van der Waals surface area contributed by atoms with Crippen LogP contribution in [0.15, 0.2) is 58.2 Å². The number of hydrogen-bond donors (Lipinski definition) is 10. The lowest BCUT2D eigenvalue weighted by atomic mass is 9.54. The molecule has 0 bridgehead atoms. The van der Waals surface area contributed by atoms with E-state index in [4.69, 9.17) is 47.4 Å². The number of carbonyl (C=O) groups excluding carboxylic acids is 5. The lowest BCUT2D eigenvalue weighted by molar-refractivity contribution is -0.523. The third kappa shape index (κ3) is 10.5. The highest BCUT2D eigenvalue weighted by atomic mass is 16.7. The molecule has 0 amide bonds. The van der Waals surface area contributed by atoms with Crippen molar-refractivity contribution in [2.45, 2.75) is 208 Å². The number of nitrogens with zero attached hydrogens (tertiary/aromatic N) is 3. The SMILES string of the molecule is CC[C@@]1(O[C@@H]2C[C@@H](OC)[C@H](O)[C@@H](C)O2)[C@H](O[C@@H]2C[C@H](O)[C@@H](N(C)C)[C@H](C)O2)C2=CC3=C(O)c4c(O)ccc(O)c4C(=O)C3=C2C(=O)[C@@H]1[C@H]1C(=O)C2=C(C([NH+]=[N-])c3c(O)c4c(c(O)c32)C(=O)C=CC4=O)[C@@H](O[C@@H]2C[C@H](O)[C@@H](N(C)C)[C@H](C)O2)[C@@]1(CC)O[C@@H]1C[C@@H](OC)[C@H](O)[C@@H](C)O1. The van der Waals surface area contributed by atoms with Crippen LogP contribution >= 0.6 is 0 Å². The molecule has 28 nitrogen and oxygen atoms in total. The number of fused-ring (bicyclic) bond motifs is 6. The molecule has 23 atom stereocenters. The molecule has 4 aliphatic heterocycles. The number of phenols is 4. The van der Waals surface area contributed by atoms with Gasteiger partial charge in [-0.2, -0.15) is 0 Å². The Morgan fingerprint density at radius 1 is 0.573 bits per heavy atom. The monoisotopic (exact) mass is 1340 g/mol. The number of hydrogen-bond acceptors (Lipinski definition) is 26. The van der Waals surface area contributed by atoms with Gasteiger partial charge in [0.2, 0.25) is 0 Å². The molecule has 0 radical (unpaired) electrons. The van der Waals surface area contributed by atoms with Crippen molar-refractivity contribution in [3.8, 4) is 23.0 Å². The standard InChI is InChI=1S/C68H84N4O24/c1-13-67(95-40-22-36(87-11)57(79)26(5)91-40)52(63(85)43-29(65(67)93-38-20-34(77)55(71(7)8)24(3)89-38)19-28-42(43)60(82)45-31(74)16-15-30(73)44(45)59(28)81)53-64(86)49-48-50(62(84)47-33(76)18-17-32(75)46(47)61(48)83)54(70-69)51(49)66(94-39-21-35(78)56(72(9)10)25(4)90-39)68(53,14-2)96-41-23-37(88-12)58(80)27(6)92-41/h15-19,24-27,34-41,52-58,65-66,70,73-74,77-81,83-84H,13-14,20-23H2,1-12H3/t24-,25-,26+,27+,34-,35-,36+,37+,38+,39+,40+,41+,52-,53-,54?,55-,56-,57+,58+,65+,66+,67-,68-/m0/s1. The molecule has 1 saturated carbocycles. The minimum Gasteiger partial charge on any atom is -0.508 e. The molecule has 5 fully saturated rings. The average Bonchev–Trinajstić information content (AvgIpc) is 1.40. The summed E-state index contributed by atoms with van der Waals surface area (Å²) in [6.07, 6.45) is -19.6. The van der Waals surface area contributed by atoms with Crippen molar-refractivity contribution in [3.05, 3.63) is 97.1 Å². The summed E-state index contributed by atoms with van der Waals surface area (Å²) < 4.78 is 67.9. The average molecular weight is 1340 g/mol. The lowest BCUT2D eigenvalue weighted by Crippen LogP contribution is -2.73. The summed E-state index contributed by atoms with van der Waals surface area (Å²) >= 11 is 0. The smallest absolute Gasteiger partial charge is 0.199 e. The van der Waals surface area contributed by atoms with Crippen LogP contribution in [0.5, 0.6) is 23.0 Å². The first kappa shape index (κ1) is 69.4. The number of methoxy groups -OCH3 is 2. The number of ketones is 5. The fourth-order valence-electron chi connectivity index (χ4n) is 17.3. The summed E-state index contributed by atoms with van der Waals surface area (Å²) in [5, 5.41) is 110. The molecule has 10 aliphatic rings. The predicted octanol–water partition coefficient (Wildman–Crippen LogP) is 2.13. The van der Waals surface area contributed by atoms with Gasteiger partial charge in [0.25, 0.3) is 0 Å². The van der Waals surface area contributed by atoms with Crippen LogP contribution in [0.1, 0.15) is 134 Å². The molecular formula is C68H84N4O24. The zero-order valence-electron chi connectivity index (χ0n) is 55.2. The van der Waals surface area contributed by atoms with E-state index in [9.17, 15) is 61.1 Å². The number of carbonyl (C=O) groups is 5. The molecular weight excluding hydrogens is 1260 g/mol. The van der Waals surface area contributed by atoms with Gasteiger partial charge in [0.1, 0.15) is 64.4 Å². The van der Waals surface area contributed by atoms with Gasteiger partial charge in [0.05, 0.1) is 101 Å². The van der Waals surface area contributed by atoms with Crippen molar-refractivity contribution in [1.82, 2.24) is 9.80 Å². The van der Waals surface area contributed by atoms with Gasteiger partial charge in [0.15, 0.2) is 60.1 Å². The number of aliphatic hydroxyl groups excluding tert-OH is 5. The van der Waals surface area contributed by atoms with Gasteiger partial charge in [-0.3, -0.25) is 24.0 Å². The lowest BCUT2D eigenvalue weighted by Gasteiger charge is -2.59. The first-order valence-electron chi connectivity index (χ1n) is 32.5. The number of benzene rings is 2. The summed E-state index contributed by atoms with van der Waals surface area (Å²) in [7, 11) is 9.67. The summed E-state index contributed by atoms with van der Waals surface area (Å²) in [4.78, 5) is 82.8. The Morgan fingerprint density at radius 2 is 1.02 bits per heavy atom. The second-order valence-corrected chi connectivity index (χ2v) is 27.2. The van der Waals surface area contributed by atoms with Gasteiger partial charge >= 0.3 is 0 Å². The van der Waals surface area contributed by atoms with Gasteiger partial charge < -0.3 is 114 Å². The molecule has 6 aliphatic carbocycles. The van der Waals surface area contributed by atoms with Crippen LogP contribution in [0.3, 0.4) is 0 Å². The molecule has 96 heavy (non-hydrogen) atoms. The van der Waals surface area contributed by atoms with E-state index in [1.165, 1.54) is 27.2 Å². The van der Waals surface area contributed by atoms with Gasteiger partial charge in [-0.05, 0) is 105 Å². The third-order valence-electron chi connectivity index (χ3n) is 21.6. The summed E-state index contributed by atoms with van der Waals surface area (Å²) in [6.45, 7) is 9.65. The van der Waals surface area contributed by atoms with Crippen molar-refractivity contribution >= 4 is 40.2 Å². The molecule has 28 heteroatoms. The maximum Gasteiger partial charge on any atom is 0.199 e. The fourth-order valence-corrected chi connectivity index (χ4v) is 17.3. The van der Waals surface area contributed by atoms with Crippen molar-refractivity contribution in [2.24, 2.45) is 11.8 Å².